The Balaban J connectivity index is 2.01. The van der Waals surface area contributed by atoms with Crippen molar-refractivity contribution in [2.75, 3.05) is 6.61 Å². The van der Waals surface area contributed by atoms with Crippen LogP contribution in [0, 0.1) is 5.92 Å². The summed E-state index contributed by atoms with van der Waals surface area (Å²) >= 11 is 0. The molecule has 6 heteroatoms. The fourth-order valence-corrected chi connectivity index (χ4v) is 1.84. The molecule has 1 fully saturated rings. The van der Waals surface area contributed by atoms with Crippen molar-refractivity contribution < 1.29 is 27.8 Å². The van der Waals surface area contributed by atoms with Crippen LogP contribution < -0.4 is 4.74 Å². The lowest BCUT2D eigenvalue weighted by Gasteiger charge is -2.10. The summed E-state index contributed by atoms with van der Waals surface area (Å²) in [4.78, 5) is 10.7. The summed E-state index contributed by atoms with van der Waals surface area (Å²) < 4.78 is 40.5. The molecule has 1 aliphatic rings. The summed E-state index contributed by atoms with van der Waals surface area (Å²) in [5.41, 5.74) is 0.710. The lowest BCUT2D eigenvalue weighted by atomic mass is 10.1. The summed E-state index contributed by atoms with van der Waals surface area (Å²) in [7, 11) is 0. The maximum Gasteiger partial charge on any atom is 0.422 e. The highest BCUT2D eigenvalue weighted by Gasteiger charge is 2.44. The van der Waals surface area contributed by atoms with Crippen molar-refractivity contribution in [2.45, 2.75) is 18.5 Å². The number of carboxylic acid groups (broad SMARTS) is 1. The minimum absolute atomic E-state index is 0.112. The molecule has 0 heterocycles. The average Bonchev–Trinajstić information content (AvgIpc) is 3.06. The largest absolute Gasteiger partial charge is 0.484 e. The monoisotopic (exact) mass is 260 g/mol. The van der Waals surface area contributed by atoms with Crippen LogP contribution in [-0.4, -0.2) is 23.9 Å². The number of rotatable bonds is 4. The van der Waals surface area contributed by atoms with Gasteiger partial charge in [0, 0.05) is 0 Å². The Morgan fingerprint density at radius 1 is 1.44 bits per heavy atom. The first-order valence-corrected chi connectivity index (χ1v) is 5.39. The van der Waals surface area contributed by atoms with Gasteiger partial charge in [0.1, 0.15) is 5.75 Å². The third-order valence-electron chi connectivity index (χ3n) is 2.80. The lowest BCUT2D eigenvalue weighted by Crippen LogP contribution is -2.19. The molecule has 0 saturated heterocycles. The molecule has 1 aromatic carbocycles. The topological polar surface area (TPSA) is 46.5 Å². The molecule has 2 atom stereocenters. The van der Waals surface area contributed by atoms with E-state index in [0.29, 0.717) is 12.0 Å². The van der Waals surface area contributed by atoms with Gasteiger partial charge in [-0.15, -0.1) is 0 Å². The molecule has 1 aliphatic carbocycles. The molecule has 1 saturated carbocycles. The normalized spacial score (nSPS) is 22.6. The van der Waals surface area contributed by atoms with Crippen LogP contribution in [0.25, 0.3) is 0 Å². The summed E-state index contributed by atoms with van der Waals surface area (Å²) in [5, 5.41) is 8.78. The zero-order valence-electron chi connectivity index (χ0n) is 9.28. The minimum Gasteiger partial charge on any atom is -0.484 e. The molecule has 0 unspecified atom stereocenters. The second-order valence-corrected chi connectivity index (χ2v) is 4.26. The van der Waals surface area contributed by atoms with Crippen LogP contribution in [0.15, 0.2) is 24.3 Å². The maximum absolute atomic E-state index is 12.0. The number of benzene rings is 1. The molecular weight excluding hydrogens is 249 g/mol. The molecule has 98 valence electrons. The van der Waals surface area contributed by atoms with Crippen LogP contribution in [0.2, 0.25) is 0 Å². The van der Waals surface area contributed by atoms with Gasteiger partial charge in [0.15, 0.2) is 6.61 Å². The summed E-state index contributed by atoms with van der Waals surface area (Å²) in [6, 6.07) is 6.17. The lowest BCUT2D eigenvalue weighted by molar-refractivity contribution is -0.153. The van der Waals surface area contributed by atoms with Crippen molar-refractivity contribution in [3.8, 4) is 5.75 Å². The number of halogens is 3. The fraction of sp³-hybridized carbons (Fsp3) is 0.417. The Kier molecular flexibility index (Phi) is 3.19. The number of hydrogen-bond acceptors (Lipinski definition) is 2. The predicted octanol–water partition coefficient (Wildman–Crippen LogP) is 2.82. The summed E-state index contributed by atoms with van der Waals surface area (Å²) in [6.07, 6.45) is -3.85. The number of carboxylic acids is 1. The standard InChI is InChI=1S/C12H11F3O3/c13-12(14,15)6-18-8-3-1-2-7(4-8)9-5-10(9)11(16)17/h1-4,9-10H,5-6H2,(H,16,17)/t9-,10-/m0/s1. The number of hydrogen-bond donors (Lipinski definition) is 1. The van der Waals surface area contributed by atoms with E-state index < -0.39 is 24.7 Å². The molecule has 0 radical (unpaired) electrons. The molecule has 0 amide bonds. The van der Waals surface area contributed by atoms with Crippen LogP contribution in [0.5, 0.6) is 5.75 Å². The molecule has 1 N–H and O–H groups in total. The third-order valence-corrected chi connectivity index (χ3v) is 2.80. The van der Waals surface area contributed by atoms with E-state index in [-0.39, 0.29) is 11.7 Å². The molecule has 0 aliphatic heterocycles. The van der Waals surface area contributed by atoms with Crippen LogP contribution in [0.3, 0.4) is 0 Å². The Bertz CT molecular complexity index is 456. The minimum atomic E-state index is -4.38. The van der Waals surface area contributed by atoms with E-state index in [1.54, 1.807) is 12.1 Å². The van der Waals surface area contributed by atoms with Crippen LogP contribution in [0.1, 0.15) is 17.9 Å². The van der Waals surface area contributed by atoms with Crippen molar-refractivity contribution in [2.24, 2.45) is 5.92 Å². The van der Waals surface area contributed by atoms with Crippen LogP contribution in [0.4, 0.5) is 13.2 Å². The molecular formula is C12H11F3O3. The Morgan fingerprint density at radius 2 is 2.17 bits per heavy atom. The quantitative estimate of drug-likeness (QED) is 0.905. The maximum atomic E-state index is 12.0. The first-order valence-electron chi connectivity index (χ1n) is 5.39. The molecule has 0 spiro atoms. The van der Waals surface area contributed by atoms with Gasteiger partial charge in [0.25, 0.3) is 0 Å². The van der Waals surface area contributed by atoms with Gasteiger partial charge in [0.2, 0.25) is 0 Å². The van der Waals surface area contributed by atoms with E-state index in [1.165, 1.54) is 12.1 Å². The van der Waals surface area contributed by atoms with Crippen molar-refractivity contribution in [3.05, 3.63) is 29.8 Å². The zero-order chi connectivity index (χ0) is 13.3. The molecule has 0 aromatic heterocycles. The molecule has 1 aromatic rings. The number of aliphatic carboxylic acids is 1. The predicted molar refractivity (Wildman–Crippen MR) is 56.5 cm³/mol. The van der Waals surface area contributed by atoms with Gasteiger partial charge in [-0.05, 0) is 30.0 Å². The van der Waals surface area contributed by atoms with Gasteiger partial charge in [-0.2, -0.15) is 13.2 Å². The Hall–Kier alpha value is -1.72. The van der Waals surface area contributed by atoms with Gasteiger partial charge in [0.05, 0.1) is 5.92 Å². The summed E-state index contributed by atoms with van der Waals surface area (Å²) in [5.74, 6) is -1.30. The van der Waals surface area contributed by atoms with Crippen LogP contribution >= 0.6 is 0 Å². The fourth-order valence-electron chi connectivity index (χ4n) is 1.84. The van der Waals surface area contributed by atoms with E-state index >= 15 is 0 Å². The highest BCUT2D eigenvalue weighted by molar-refractivity contribution is 5.75. The van der Waals surface area contributed by atoms with Gasteiger partial charge >= 0.3 is 12.1 Å². The smallest absolute Gasteiger partial charge is 0.422 e. The Labute approximate surface area is 101 Å². The SMILES string of the molecule is O=C(O)[C@H]1C[C@H]1c1cccc(OCC(F)(F)F)c1. The highest BCUT2D eigenvalue weighted by atomic mass is 19.4. The highest BCUT2D eigenvalue weighted by Crippen LogP contribution is 2.48. The van der Waals surface area contributed by atoms with Gasteiger partial charge < -0.3 is 9.84 Å². The van der Waals surface area contributed by atoms with E-state index in [1.807, 2.05) is 0 Å². The van der Waals surface area contributed by atoms with Gasteiger partial charge in [-0.25, -0.2) is 0 Å². The Morgan fingerprint density at radius 3 is 2.72 bits per heavy atom. The van der Waals surface area contributed by atoms with E-state index in [4.69, 9.17) is 5.11 Å². The van der Waals surface area contributed by atoms with E-state index in [9.17, 15) is 18.0 Å². The third kappa shape index (κ3) is 3.15. The second-order valence-electron chi connectivity index (χ2n) is 4.26. The number of ether oxygens (including phenoxy) is 1. The zero-order valence-corrected chi connectivity index (χ0v) is 9.28. The van der Waals surface area contributed by atoms with Gasteiger partial charge in [-0.1, -0.05) is 12.1 Å². The average molecular weight is 260 g/mol. The van der Waals surface area contributed by atoms with Gasteiger partial charge in [-0.3, -0.25) is 4.79 Å². The van der Waals surface area contributed by atoms with E-state index in [0.717, 1.165) is 0 Å². The summed E-state index contributed by atoms with van der Waals surface area (Å²) in [6.45, 7) is -1.34. The number of alkyl halides is 3. The van der Waals surface area contributed by atoms with Crippen molar-refractivity contribution in [3.63, 3.8) is 0 Å². The molecule has 2 rings (SSSR count). The second kappa shape index (κ2) is 4.51. The molecule has 3 nitrogen and oxygen atoms in total. The van der Waals surface area contributed by atoms with Crippen LogP contribution in [-0.2, 0) is 4.79 Å². The molecule has 18 heavy (non-hydrogen) atoms. The molecule has 0 bridgehead atoms. The first kappa shape index (κ1) is 12.7. The van der Waals surface area contributed by atoms with Crippen molar-refractivity contribution in [1.29, 1.82) is 0 Å². The number of carbonyl (C=O) groups is 1. The van der Waals surface area contributed by atoms with Crippen molar-refractivity contribution >= 4 is 5.97 Å². The first-order chi connectivity index (χ1) is 8.37. The van der Waals surface area contributed by atoms with Crippen molar-refractivity contribution in [1.82, 2.24) is 0 Å². The van der Waals surface area contributed by atoms with E-state index in [2.05, 4.69) is 4.74 Å².